The van der Waals surface area contributed by atoms with E-state index in [1.807, 2.05) is 19.1 Å². The Hall–Kier alpha value is -2.27. The van der Waals surface area contributed by atoms with Crippen molar-refractivity contribution >= 4 is 11.6 Å². The smallest absolute Gasteiger partial charge is 0.226 e. The standard InChI is InChI=1S/C23H28F2N2O/c1-2-23(28)27(22-9-7-21(25)8-10-22)17-19-12-15-26(16-13-19)14-11-18-3-5-20(24)6-4-18/h3-10,19H,2,11-17H2,1H3. The minimum absolute atomic E-state index is 0.0744. The number of carbonyl (C=O) groups is 1. The van der Waals surface area contributed by atoms with Crippen LogP contribution in [0.4, 0.5) is 14.5 Å². The molecule has 0 N–H and O–H groups in total. The van der Waals surface area contributed by atoms with Crippen LogP contribution in [-0.4, -0.2) is 37.0 Å². The minimum Gasteiger partial charge on any atom is -0.312 e. The zero-order valence-corrected chi connectivity index (χ0v) is 16.4. The zero-order valence-electron chi connectivity index (χ0n) is 16.4. The molecule has 0 bridgehead atoms. The molecule has 2 aromatic carbocycles. The van der Waals surface area contributed by atoms with E-state index in [9.17, 15) is 13.6 Å². The van der Waals surface area contributed by atoms with Gasteiger partial charge in [-0.15, -0.1) is 0 Å². The Morgan fingerprint density at radius 1 is 1.00 bits per heavy atom. The van der Waals surface area contributed by atoms with Gasteiger partial charge in [0.1, 0.15) is 11.6 Å². The number of piperidine rings is 1. The Labute approximate surface area is 166 Å². The number of hydrogen-bond donors (Lipinski definition) is 0. The van der Waals surface area contributed by atoms with E-state index in [1.165, 1.54) is 24.3 Å². The number of amides is 1. The van der Waals surface area contributed by atoms with Crippen molar-refractivity contribution in [2.75, 3.05) is 31.1 Å². The Kier molecular flexibility index (Phi) is 7.15. The molecule has 150 valence electrons. The Balaban J connectivity index is 1.50. The first-order valence-electron chi connectivity index (χ1n) is 10.1. The summed E-state index contributed by atoms with van der Waals surface area (Å²) in [7, 11) is 0. The number of nitrogens with zero attached hydrogens (tertiary/aromatic N) is 2. The third kappa shape index (κ3) is 5.61. The number of benzene rings is 2. The first-order valence-corrected chi connectivity index (χ1v) is 10.1. The van der Waals surface area contributed by atoms with Gasteiger partial charge in [0.2, 0.25) is 5.91 Å². The van der Waals surface area contributed by atoms with Crippen molar-refractivity contribution in [1.29, 1.82) is 0 Å². The third-order valence-electron chi connectivity index (χ3n) is 5.52. The molecular formula is C23H28F2N2O. The number of anilines is 1. The van der Waals surface area contributed by atoms with E-state index >= 15 is 0 Å². The van der Waals surface area contributed by atoms with Gasteiger partial charge >= 0.3 is 0 Å². The first kappa shape index (κ1) is 20.5. The van der Waals surface area contributed by atoms with Gasteiger partial charge in [-0.2, -0.15) is 0 Å². The molecule has 1 amide bonds. The molecule has 0 spiro atoms. The lowest BCUT2D eigenvalue weighted by Gasteiger charge is -2.35. The zero-order chi connectivity index (χ0) is 19.9. The van der Waals surface area contributed by atoms with Crippen LogP contribution >= 0.6 is 0 Å². The Bertz CT molecular complexity index is 753. The molecule has 1 heterocycles. The van der Waals surface area contributed by atoms with Crippen molar-refractivity contribution in [2.45, 2.75) is 32.6 Å². The molecule has 1 saturated heterocycles. The van der Waals surface area contributed by atoms with Crippen LogP contribution < -0.4 is 4.90 Å². The highest BCUT2D eigenvalue weighted by molar-refractivity contribution is 5.93. The number of carbonyl (C=O) groups excluding carboxylic acids is 1. The lowest BCUT2D eigenvalue weighted by molar-refractivity contribution is -0.118. The van der Waals surface area contributed by atoms with E-state index in [2.05, 4.69) is 4.90 Å². The van der Waals surface area contributed by atoms with Gasteiger partial charge in [0, 0.05) is 25.2 Å². The molecule has 5 heteroatoms. The highest BCUT2D eigenvalue weighted by Gasteiger charge is 2.24. The van der Waals surface area contributed by atoms with Crippen LogP contribution in [0, 0.1) is 17.6 Å². The van der Waals surface area contributed by atoms with Gasteiger partial charge in [-0.1, -0.05) is 19.1 Å². The maximum Gasteiger partial charge on any atom is 0.226 e. The summed E-state index contributed by atoms with van der Waals surface area (Å²) in [5.41, 5.74) is 1.92. The summed E-state index contributed by atoms with van der Waals surface area (Å²) in [6.07, 6.45) is 3.44. The molecule has 1 aliphatic heterocycles. The fourth-order valence-electron chi connectivity index (χ4n) is 3.75. The quantitative estimate of drug-likeness (QED) is 0.691. The summed E-state index contributed by atoms with van der Waals surface area (Å²) < 4.78 is 26.2. The summed E-state index contributed by atoms with van der Waals surface area (Å²) in [4.78, 5) is 16.7. The van der Waals surface area contributed by atoms with E-state index < -0.39 is 0 Å². The molecule has 0 unspecified atom stereocenters. The highest BCUT2D eigenvalue weighted by Crippen LogP contribution is 2.23. The summed E-state index contributed by atoms with van der Waals surface area (Å²) in [6, 6.07) is 12.9. The highest BCUT2D eigenvalue weighted by atomic mass is 19.1. The molecule has 3 nitrogen and oxygen atoms in total. The molecular weight excluding hydrogens is 358 g/mol. The second-order valence-corrected chi connectivity index (χ2v) is 7.50. The van der Waals surface area contributed by atoms with Crippen LogP contribution in [0.2, 0.25) is 0 Å². The van der Waals surface area contributed by atoms with Crippen LogP contribution in [0.15, 0.2) is 48.5 Å². The molecule has 1 aliphatic rings. The summed E-state index contributed by atoms with van der Waals surface area (Å²) in [5.74, 6) is 0.0342. The van der Waals surface area contributed by atoms with Crippen molar-refractivity contribution in [3.63, 3.8) is 0 Å². The lowest BCUT2D eigenvalue weighted by atomic mass is 9.95. The number of rotatable bonds is 7. The Morgan fingerprint density at radius 3 is 2.14 bits per heavy atom. The lowest BCUT2D eigenvalue weighted by Crippen LogP contribution is -2.41. The molecule has 0 aromatic heterocycles. The predicted molar refractivity (Wildman–Crippen MR) is 108 cm³/mol. The average molecular weight is 386 g/mol. The van der Waals surface area contributed by atoms with E-state index in [-0.39, 0.29) is 17.5 Å². The molecule has 0 aliphatic carbocycles. The number of halogens is 2. The van der Waals surface area contributed by atoms with Crippen LogP contribution in [-0.2, 0) is 11.2 Å². The second-order valence-electron chi connectivity index (χ2n) is 7.50. The van der Waals surface area contributed by atoms with E-state index in [0.717, 1.165) is 50.1 Å². The SMILES string of the molecule is CCC(=O)N(CC1CCN(CCc2ccc(F)cc2)CC1)c1ccc(F)cc1. The molecule has 28 heavy (non-hydrogen) atoms. The molecule has 0 saturated carbocycles. The van der Waals surface area contributed by atoms with Gasteiger partial charge in [-0.05, 0) is 80.2 Å². The first-order chi connectivity index (χ1) is 13.5. The van der Waals surface area contributed by atoms with Crippen molar-refractivity contribution in [3.8, 4) is 0 Å². The van der Waals surface area contributed by atoms with Gasteiger partial charge < -0.3 is 9.80 Å². The monoisotopic (exact) mass is 386 g/mol. The molecule has 3 rings (SSSR count). The van der Waals surface area contributed by atoms with Gasteiger partial charge in [0.05, 0.1) is 0 Å². The van der Waals surface area contributed by atoms with Crippen molar-refractivity contribution in [3.05, 3.63) is 65.7 Å². The molecule has 2 aromatic rings. The normalized spacial score (nSPS) is 15.5. The van der Waals surface area contributed by atoms with Crippen LogP contribution in [0.25, 0.3) is 0 Å². The predicted octanol–water partition coefficient (Wildman–Crippen LogP) is 4.66. The fourth-order valence-corrected chi connectivity index (χ4v) is 3.75. The van der Waals surface area contributed by atoms with Crippen LogP contribution in [0.5, 0.6) is 0 Å². The van der Waals surface area contributed by atoms with Gasteiger partial charge in [-0.25, -0.2) is 8.78 Å². The van der Waals surface area contributed by atoms with Crippen molar-refractivity contribution in [2.24, 2.45) is 5.92 Å². The molecule has 0 atom stereocenters. The van der Waals surface area contributed by atoms with Gasteiger partial charge in [0.15, 0.2) is 0 Å². The largest absolute Gasteiger partial charge is 0.312 e. The molecule has 1 fully saturated rings. The van der Waals surface area contributed by atoms with Gasteiger partial charge in [0.25, 0.3) is 0 Å². The maximum absolute atomic E-state index is 13.2. The molecule has 0 radical (unpaired) electrons. The summed E-state index contributed by atoms with van der Waals surface area (Å²) >= 11 is 0. The fraction of sp³-hybridized carbons (Fsp3) is 0.435. The maximum atomic E-state index is 13.2. The minimum atomic E-state index is -0.290. The van der Waals surface area contributed by atoms with Crippen molar-refractivity contribution in [1.82, 2.24) is 4.90 Å². The number of likely N-dealkylation sites (tertiary alicyclic amines) is 1. The third-order valence-corrected chi connectivity index (χ3v) is 5.52. The van der Waals surface area contributed by atoms with Crippen molar-refractivity contribution < 1.29 is 13.6 Å². The summed E-state index contributed by atoms with van der Waals surface area (Å²) in [6.45, 7) is 5.52. The average Bonchev–Trinajstić information content (AvgIpc) is 2.73. The number of hydrogen-bond acceptors (Lipinski definition) is 2. The Morgan fingerprint density at radius 2 is 1.57 bits per heavy atom. The summed E-state index contributed by atoms with van der Waals surface area (Å²) in [5, 5.41) is 0. The van der Waals surface area contributed by atoms with Gasteiger partial charge in [-0.3, -0.25) is 4.79 Å². The van der Waals surface area contributed by atoms with Crippen LogP contribution in [0.3, 0.4) is 0 Å². The second kappa shape index (κ2) is 9.78. The van der Waals surface area contributed by atoms with E-state index in [4.69, 9.17) is 0 Å². The van der Waals surface area contributed by atoms with E-state index in [1.54, 1.807) is 17.0 Å². The van der Waals surface area contributed by atoms with Crippen LogP contribution in [0.1, 0.15) is 31.7 Å². The topological polar surface area (TPSA) is 23.6 Å². The van der Waals surface area contributed by atoms with E-state index in [0.29, 0.717) is 18.9 Å².